The molecule has 0 aliphatic rings. The zero-order valence-corrected chi connectivity index (χ0v) is 7.91. The maximum atomic E-state index is 10.5. The van der Waals surface area contributed by atoms with E-state index in [1.165, 1.54) is 12.5 Å². The molecular formula is C10H13NO2. The van der Waals surface area contributed by atoms with Crippen molar-refractivity contribution in [1.82, 2.24) is 4.98 Å². The summed E-state index contributed by atoms with van der Waals surface area (Å²) < 4.78 is 4.81. The minimum absolute atomic E-state index is 0.243. The first-order valence-electron chi connectivity index (χ1n) is 4.23. The first kappa shape index (κ1) is 9.71. The van der Waals surface area contributed by atoms with Gasteiger partial charge in [-0.15, -0.1) is 0 Å². The van der Waals surface area contributed by atoms with Crippen molar-refractivity contribution in [2.75, 3.05) is 6.61 Å². The van der Waals surface area contributed by atoms with E-state index in [1.54, 1.807) is 6.20 Å². The van der Waals surface area contributed by atoms with Gasteiger partial charge in [-0.2, -0.15) is 0 Å². The van der Waals surface area contributed by atoms with Crippen LogP contribution in [0.15, 0.2) is 18.3 Å². The highest BCUT2D eigenvalue weighted by atomic mass is 16.5. The third kappa shape index (κ3) is 3.69. The Morgan fingerprint density at radius 2 is 2.38 bits per heavy atom. The van der Waals surface area contributed by atoms with Crippen LogP contribution in [0.2, 0.25) is 0 Å². The SMILES string of the molecule is CC(=O)OCCc1cc(C)ccn1. The van der Waals surface area contributed by atoms with Crippen LogP contribution in [0.25, 0.3) is 0 Å². The van der Waals surface area contributed by atoms with Crippen LogP contribution in [-0.4, -0.2) is 17.6 Å². The fourth-order valence-corrected chi connectivity index (χ4v) is 1.03. The van der Waals surface area contributed by atoms with Crippen LogP contribution in [0.3, 0.4) is 0 Å². The Hall–Kier alpha value is -1.38. The molecule has 1 aromatic heterocycles. The van der Waals surface area contributed by atoms with E-state index in [9.17, 15) is 4.79 Å². The highest BCUT2D eigenvalue weighted by Crippen LogP contribution is 2.00. The van der Waals surface area contributed by atoms with Crippen molar-refractivity contribution >= 4 is 5.97 Å². The van der Waals surface area contributed by atoms with E-state index >= 15 is 0 Å². The van der Waals surface area contributed by atoms with Crippen LogP contribution in [0.1, 0.15) is 18.2 Å². The van der Waals surface area contributed by atoms with E-state index in [0.717, 1.165) is 5.69 Å². The number of aryl methyl sites for hydroxylation is 1. The summed E-state index contributed by atoms with van der Waals surface area (Å²) in [6.07, 6.45) is 2.44. The number of hydrogen-bond acceptors (Lipinski definition) is 3. The number of hydrogen-bond donors (Lipinski definition) is 0. The average Bonchev–Trinajstić information content (AvgIpc) is 2.03. The summed E-state index contributed by atoms with van der Waals surface area (Å²) in [5.74, 6) is -0.243. The Balaban J connectivity index is 2.41. The maximum absolute atomic E-state index is 10.5. The monoisotopic (exact) mass is 179 g/mol. The van der Waals surface area contributed by atoms with Crippen LogP contribution in [0, 0.1) is 6.92 Å². The molecule has 0 amide bonds. The van der Waals surface area contributed by atoms with Gasteiger partial charge in [-0.25, -0.2) is 0 Å². The molecule has 0 aliphatic carbocycles. The zero-order valence-electron chi connectivity index (χ0n) is 7.91. The van der Waals surface area contributed by atoms with E-state index in [2.05, 4.69) is 4.98 Å². The molecule has 0 fully saturated rings. The third-order valence-electron chi connectivity index (χ3n) is 1.64. The predicted octanol–water partition coefficient (Wildman–Crippen LogP) is 1.50. The Bertz CT molecular complexity index is 297. The van der Waals surface area contributed by atoms with Crippen LogP contribution in [0.5, 0.6) is 0 Å². The van der Waals surface area contributed by atoms with Crippen molar-refractivity contribution < 1.29 is 9.53 Å². The van der Waals surface area contributed by atoms with Crippen molar-refractivity contribution in [2.24, 2.45) is 0 Å². The number of esters is 1. The number of nitrogens with zero attached hydrogens (tertiary/aromatic N) is 1. The topological polar surface area (TPSA) is 39.2 Å². The minimum Gasteiger partial charge on any atom is -0.465 e. The van der Waals surface area contributed by atoms with Gasteiger partial charge < -0.3 is 4.74 Å². The molecule has 0 saturated carbocycles. The van der Waals surface area contributed by atoms with Crippen LogP contribution >= 0.6 is 0 Å². The van der Waals surface area contributed by atoms with Gasteiger partial charge in [-0.3, -0.25) is 9.78 Å². The van der Waals surface area contributed by atoms with Gasteiger partial charge in [0.25, 0.3) is 0 Å². The molecule has 0 atom stereocenters. The lowest BCUT2D eigenvalue weighted by molar-refractivity contribution is -0.140. The largest absolute Gasteiger partial charge is 0.465 e. The molecule has 13 heavy (non-hydrogen) atoms. The Morgan fingerprint density at radius 3 is 3.00 bits per heavy atom. The van der Waals surface area contributed by atoms with E-state index in [1.807, 2.05) is 19.1 Å². The highest BCUT2D eigenvalue weighted by molar-refractivity contribution is 5.65. The third-order valence-corrected chi connectivity index (χ3v) is 1.64. The molecule has 3 nitrogen and oxygen atoms in total. The number of aromatic nitrogens is 1. The first-order valence-corrected chi connectivity index (χ1v) is 4.23. The lowest BCUT2D eigenvalue weighted by Gasteiger charge is -2.01. The summed E-state index contributed by atoms with van der Waals surface area (Å²) in [6.45, 7) is 3.83. The van der Waals surface area contributed by atoms with Crippen LogP contribution in [0.4, 0.5) is 0 Å². The summed E-state index contributed by atoms with van der Waals surface area (Å²) in [5, 5.41) is 0. The fourth-order valence-electron chi connectivity index (χ4n) is 1.03. The maximum Gasteiger partial charge on any atom is 0.302 e. The van der Waals surface area contributed by atoms with Crippen molar-refractivity contribution in [1.29, 1.82) is 0 Å². The highest BCUT2D eigenvalue weighted by Gasteiger charge is 1.96. The van der Waals surface area contributed by atoms with Crippen molar-refractivity contribution in [3.8, 4) is 0 Å². The molecule has 1 aromatic rings. The van der Waals surface area contributed by atoms with E-state index in [0.29, 0.717) is 13.0 Å². The molecule has 0 bridgehead atoms. The van der Waals surface area contributed by atoms with Gasteiger partial charge in [0.05, 0.1) is 6.61 Å². The number of ether oxygens (including phenoxy) is 1. The second-order valence-electron chi connectivity index (χ2n) is 2.91. The van der Waals surface area contributed by atoms with Gasteiger partial charge in [0.15, 0.2) is 0 Å². The van der Waals surface area contributed by atoms with Crippen molar-refractivity contribution in [2.45, 2.75) is 20.3 Å². The van der Waals surface area contributed by atoms with E-state index in [4.69, 9.17) is 4.74 Å². The lowest BCUT2D eigenvalue weighted by Crippen LogP contribution is -2.04. The molecule has 0 saturated heterocycles. The van der Waals surface area contributed by atoms with Gasteiger partial charge in [0.2, 0.25) is 0 Å². The Labute approximate surface area is 77.8 Å². The average molecular weight is 179 g/mol. The molecule has 3 heteroatoms. The molecule has 0 aliphatic heterocycles. The normalized spacial score (nSPS) is 9.69. The van der Waals surface area contributed by atoms with Gasteiger partial charge in [-0.1, -0.05) is 0 Å². The minimum atomic E-state index is -0.243. The fraction of sp³-hybridized carbons (Fsp3) is 0.400. The van der Waals surface area contributed by atoms with Gasteiger partial charge in [0.1, 0.15) is 0 Å². The number of carbonyl (C=O) groups is 1. The molecule has 70 valence electrons. The summed E-state index contributed by atoms with van der Waals surface area (Å²) in [6, 6.07) is 3.93. The van der Waals surface area contributed by atoms with Gasteiger partial charge >= 0.3 is 5.97 Å². The lowest BCUT2D eigenvalue weighted by atomic mass is 10.2. The molecule has 0 N–H and O–H groups in total. The van der Waals surface area contributed by atoms with Crippen LogP contribution in [-0.2, 0) is 16.0 Å². The number of carbonyl (C=O) groups excluding carboxylic acids is 1. The summed E-state index contributed by atoms with van der Waals surface area (Å²) in [7, 11) is 0. The molecule has 0 spiro atoms. The van der Waals surface area contributed by atoms with Crippen LogP contribution < -0.4 is 0 Å². The first-order chi connectivity index (χ1) is 6.18. The Kier molecular flexibility index (Phi) is 3.43. The molecule has 0 radical (unpaired) electrons. The quantitative estimate of drug-likeness (QED) is 0.660. The van der Waals surface area contributed by atoms with Gasteiger partial charge in [-0.05, 0) is 24.6 Å². The predicted molar refractivity (Wildman–Crippen MR) is 49.3 cm³/mol. The molecule has 1 heterocycles. The summed E-state index contributed by atoms with van der Waals surface area (Å²) in [5.41, 5.74) is 2.13. The Morgan fingerprint density at radius 1 is 1.62 bits per heavy atom. The molecular weight excluding hydrogens is 166 g/mol. The molecule has 1 rings (SSSR count). The second-order valence-corrected chi connectivity index (χ2v) is 2.91. The number of pyridine rings is 1. The molecule has 0 aromatic carbocycles. The van der Waals surface area contributed by atoms with Crippen molar-refractivity contribution in [3.05, 3.63) is 29.6 Å². The number of rotatable bonds is 3. The van der Waals surface area contributed by atoms with E-state index < -0.39 is 0 Å². The smallest absolute Gasteiger partial charge is 0.302 e. The van der Waals surface area contributed by atoms with Crippen molar-refractivity contribution in [3.63, 3.8) is 0 Å². The summed E-state index contributed by atoms with van der Waals surface area (Å²) >= 11 is 0. The van der Waals surface area contributed by atoms with E-state index in [-0.39, 0.29) is 5.97 Å². The zero-order chi connectivity index (χ0) is 9.68. The summed E-state index contributed by atoms with van der Waals surface area (Å²) in [4.78, 5) is 14.6. The van der Waals surface area contributed by atoms with Gasteiger partial charge in [0, 0.05) is 25.2 Å². The molecule has 0 unspecified atom stereocenters. The standard InChI is InChI=1S/C10H13NO2/c1-8-3-5-11-10(7-8)4-6-13-9(2)12/h3,5,7H,4,6H2,1-2H3. The second kappa shape index (κ2) is 4.60.